The smallest absolute Gasteiger partial charge is 0.171 e. The fourth-order valence-electron chi connectivity index (χ4n) is 10.7. The van der Waals surface area contributed by atoms with E-state index in [-0.39, 0.29) is 22.7 Å². The number of ether oxygens (including phenoxy) is 3. The van der Waals surface area contributed by atoms with Crippen molar-refractivity contribution in [2.45, 2.75) is 88.9 Å². The Hall–Kier alpha value is -2.37. The Morgan fingerprint density at radius 2 is 1.85 bits per heavy atom. The number of fused-ring (bicyclic) bond motifs is 2. The van der Waals surface area contributed by atoms with Crippen molar-refractivity contribution in [1.82, 2.24) is 4.90 Å². The number of benzene rings is 2. The summed E-state index contributed by atoms with van der Waals surface area (Å²) in [5.74, 6) is 2.80. The van der Waals surface area contributed by atoms with E-state index in [1.165, 1.54) is 30.5 Å². The van der Waals surface area contributed by atoms with Crippen molar-refractivity contribution < 1.29 is 19.0 Å². The summed E-state index contributed by atoms with van der Waals surface area (Å²) in [5, 5.41) is 0. The molecule has 5 heteroatoms. The Morgan fingerprint density at radius 3 is 2.54 bits per heavy atom. The third-order valence-electron chi connectivity index (χ3n) is 12.2. The van der Waals surface area contributed by atoms with Crippen LogP contribution in [-0.2, 0) is 16.6 Å². The van der Waals surface area contributed by atoms with Gasteiger partial charge in [0.25, 0.3) is 0 Å². The summed E-state index contributed by atoms with van der Waals surface area (Å²) in [6.45, 7) is 8.68. The number of nitrogens with zero attached hydrogens (tertiary/aromatic N) is 1. The first-order chi connectivity index (χ1) is 18.7. The molecule has 5 aliphatic carbocycles. The fraction of sp³-hybridized carbons (Fsp3) is 0.618. The molecule has 4 bridgehead atoms. The maximum atomic E-state index is 14.9. The second-order valence-corrected chi connectivity index (χ2v) is 14.0. The lowest BCUT2D eigenvalue weighted by Crippen LogP contribution is -2.84. The predicted octanol–water partition coefficient (Wildman–Crippen LogP) is 5.81. The molecule has 4 saturated carbocycles. The topological polar surface area (TPSA) is 48.0 Å². The van der Waals surface area contributed by atoms with E-state index in [1.54, 1.807) is 7.11 Å². The average Bonchev–Trinajstić information content (AvgIpc) is 3.66. The molecule has 0 unspecified atom stereocenters. The molecule has 5 nitrogen and oxygen atoms in total. The molecule has 2 spiro atoms. The van der Waals surface area contributed by atoms with Gasteiger partial charge in [-0.05, 0) is 102 Å². The van der Waals surface area contributed by atoms with E-state index < -0.39 is 11.0 Å². The molecule has 2 heterocycles. The standard InChI is InChI=1S/C34H41NO4/c1-20-14-21(2)16-24(15-20)29(36)31(3)19-32-10-11-34(31,38-5)30-33(32)12-13-35(18-22-6-7-22)26(32)17-23-8-9-25(37-4)28(39-30)27(23)33/h8-9,14-16,22,26,30H,6-7,10-13,17-19H2,1-5H3/t26-,30-,31+,32-,33+,34+/m1/s1. The van der Waals surface area contributed by atoms with Gasteiger partial charge in [-0.3, -0.25) is 9.69 Å². The normalized spacial score (nSPS) is 39.3. The highest BCUT2D eigenvalue weighted by Crippen LogP contribution is 2.79. The summed E-state index contributed by atoms with van der Waals surface area (Å²) in [4.78, 5) is 17.7. The SMILES string of the molecule is COc1ccc2c3c1O[C@H]1[C@@]4(OC)CC[C@@]5(C[C@@]4(C)C(=O)c4cc(C)cc(C)c4)[C@@H](C2)N(CC2CC2)CC[C@]315. The van der Waals surface area contributed by atoms with Crippen LogP contribution < -0.4 is 9.47 Å². The van der Waals surface area contributed by atoms with Crippen molar-refractivity contribution in [3.63, 3.8) is 0 Å². The highest BCUT2D eigenvalue weighted by atomic mass is 16.6. The molecule has 206 valence electrons. The van der Waals surface area contributed by atoms with Gasteiger partial charge in [0.05, 0.1) is 12.5 Å². The number of likely N-dealkylation sites (tertiary alicyclic amines) is 1. The van der Waals surface area contributed by atoms with Crippen molar-refractivity contribution in [3.05, 3.63) is 58.1 Å². The molecule has 0 amide bonds. The number of carbonyl (C=O) groups is 1. The highest BCUT2D eigenvalue weighted by molar-refractivity contribution is 6.02. The van der Waals surface area contributed by atoms with Gasteiger partial charge < -0.3 is 14.2 Å². The van der Waals surface area contributed by atoms with Crippen LogP contribution in [0.5, 0.6) is 11.5 Å². The zero-order chi connectivity index (χ0) is 26.9. The molecule has 5 fully saturated rings. The Balaban J connectivity index is 1.36. The summed E-state index contributed by atoms with van der Waals surface area (Å²) < 4.78 is 19.8. The minimum atomic E-state index is -0.703. The summed E-state index contributed by atoms with van der Waals surface area (Å²) in [6.07, 6.45) is 7.40. The number of hydrogen-bond donors (Lipinski definition) is 0. The molecule has 2 aromatic carbocycles. The van der Waals surface area contributed by atoms with E-state index in [9.17, 15) is 4.79 Å². The molecule has 2 aromatic rings. The minimum absolute atomic E-state index is 0.0288. The van der Waals surface area contributed by atoms with E-state index in [0.717, 1.165) is 72.8 Å². The van der Waals surface area contributed by atoms with Crippen molar-refractivity contribution in [2.24, 2.45) is 16.7 Å². The quantitative estimate of drug-likeness (QED) is 0.444. The van der Waals surface area contributed by atoms with Crippen LogP contribution in [0.15, 0.2) is 30.3 Å². The van der Waals surface area contributed by atoms with Crippen LogP contribution in [0.2, 0.25) is 0 Å². The summed E-state index contributed by atoms with van der Waals surface area (Å²) in [6, 6.07) is 11.1. The Kier molecular flexibility index (Phi) is 4.81. The second-order valence-electron chi connectivity index (χ2n) is 14.0. The van der Waals surface area contributed by atoms with E-state index in [0.29, 0.717) is 6.04 Å². The van der Waals surface area contributed by atoms with Gasteiger partial charge in [0.15, 0.2) is 17.3 Å². The fourth-order valence-corrected chi connectivity index (χ4v) is 10.7. The Bertz CT molecular complexity index is 1390. The maximum Gasteiger partial charge on any atom is 0.171 e. The number of ketones is 1. The maximum absolute atomic E-state index is 14.9. The molecule has 1 saturated heterocycles. The van der Waals surface area contributed by atoms with Crippen molar-refractivity contribution >= 4 is 5.78 Å². The van der Waals surface area contributed by atoms with E-state index in [1.807, 2.05) is 7.11 Å². The number of rotatable bonds is 6. The van der Waals surface area contributed by atoms with Gasteiger partial charge in [0.1, 0.15) is 11.7 Å². The minimum Gasteiger partial charge on any atom is -0.493 e. The lowest BCUT2D eigenvalue weighted by molar-refractivity contribution is -0.292. The number of piperidine rings is 1. The van der Waals surface area contributed by atoms with Gasteiger partial charge in [0.2, 0.25) is 0 Å². The number of hydrogen-bond acceptors (Lipinski definition) is 5. The number of methoxy groups -OCH3 is 2. The summed E-state index contributed by atoms with van der Waals surface area (Å²) in [5.41, 5.74) is 4.31. The van der Waals surface area contributed by atoms with E-state index in [4.69, 9.17) is 14.2 Å². The second kappa shape index (κ2) is 7.67. The Morgan fingerprint density at radius 1 is 1.08 bits per heavy atom. The molecular weight excluding hydrogens is 486 g/mol. The highest BCUT2D eigenvalue weighted by Gasteiger charge is 2.84. The first-order valence-electron chi connectivity index (χ1n) is 15.0. The van der Waals surface area contributed by atoms with Crippen LogP contribution in [0.4, 0.5) is 0 Å². The molecular formula is C34H41NO4. The molecule has 0 N–H and O–H groups in total. The molecule has 7 aliphatic rings. The third-order valence-corrected chi connectivity index (χ3v) is 12.2. The van der Waals surface area contributed by atoms with Gasteiger partial charge in [-0.1, -0.05) is 23.3 Å². The van der Waals surface area contributed by atoms with Gasteiger partial charge in [-0.25, -0.2) is 0 Å². The largest absolute Gasteiger partial charge is 0.493 e. The van der Waals surface area contributed by atoms with Gasteiger partial charge >= 0.3 is 0 Å². The molecule has 0 radical (unpaired) electrons. The molecule has 2 aliphatic heterocycles. The lowest BCUT2D eigenvalue weighted by atomic mass is 9.31. The zero-order valence-electron chi connectivity index (χ0n) is 24.1. The van der Waals surface area contributed by atoms with Crippen LogP contribution in [0.1, 0.15) is 78.1 Å². The summed E-state index contributed by atoms with van der Waals surface area (Å²) >= 11 is 0. The Labute approximate surface area is 232 Å². The van der Waals surface area contributed by atoms with Crippen LogP contribution >= 0.6 is 0 Å². The molecule has 39 heavy (non-hydrogen) atoms. The first-order valence-corrected chi connectivity index (χ1v) is 15.0. The monoisotopic (exact) mass is 527 g/mol. The lowest BCUT2D eigenvalue weighted by Gasteiger charge is -2.76. The number of Topliss-reactive ketones (excluding diaryl/α,β-unsaturated/α-hetero) is 1. The first kappa shape index (κ1) is 24.4. The molecule has 0 aromatic heterocycles. The van der Waals surface area contributed by atoms with Crippen LogP contribution in [-0.4, -0.2) is 55.7 Å². The van der Waals surface area contributed by atoms with Crippen molar-refractivity contribution in [1.29, 1.82) is 0 Å². The predicted molar refractivity (Wildman–Crippen MR) is 150 cm³/mol. The van der Waals surface area contributed by atoms with Gasteiger partial charge in [0, 0.05) is 41.7 Å². The average molecular weight is 528 g/mol. The van der Waals surface area contributed by atoms with Gasteiger partial charge in [-0.15, -0.1) is 0 Å². The zero-order valence-corrected chi connectivity index (χ0v) is 24.1. The summed E-state index contributed by atoms with van der Waals surface area (Å²) in [7, 11) is 3.57. The van der Waals surface area contributed by atoms with E-state index in [2.05, 4.69) is 56.0 Å². The molecule has 9 rings (SSSR count). The number of aryl methyl sites for hydroxylation is 2. The van der Waals surface area contributed by atoms with Crippen LogP contribution in [0, 0.1) is 30.6 Å². The van der Waals surface area contributed by atoms with Gasteiger partial charge in [-0.2, -0.15) is 0 Å². The molecule has 6 atom stereocenters. The number of carbonyl (C=O) groups excluding carboxylic acids is 1. The van der Waals surface area contributed by atoms with Crippen LogP contribution in [0.3, 0.4) is 0 Å². The van der Waals surface area contributed by atoms with Crippen molar-refractivity contribution in [2.75, 3.05) is 27.3 Å². The third kappa shape index (κ3) is 2.72. The van der Waals surface area contributed by atoms with E-state index >= 15 is 0 Å². The van der Waals surface area contributed by atoms with Crippen molar-refractivity contribution in [3.8, 4) is 11.5 Å². The van der Waals surface area contributed by atoms with Crippen LogP contribution in [0.25, 0.3) is 0 Å².